The Balaban J connectivity index is 2.38. The Morgan fingerprint density at radius 3 is 3.38 bits per heavy atom. The lowest BCUT2D eigenvalue weighted by atomic mass is 10.1. The fourth-order valence-corrected chi connectivity index (χ4v) is 2.09. The number of imidazole rings is 1. The molecule has 0 radical (unpaired) electrons. The number of aromatic nitrogens is 3. The van der Waals surface area contributed by atoms with Gasteiger partial charge >= 0.3 is 0 Å². The van der Waals surface area contributed by atoms with E-state index in [0.717, 1.165) is 12.2 Å². The highest BCUT2D eigenvalue weighted by Crippen LogP contribution is 2.31. The average Bonchev–Trinajstić information content (AvgIpc) is 2.67. The van der Waals surface area contributed by atoms with Crippen LogP contribution in [0, 0.1) is 0 Å². The molecule has 1 unspecified atom stereocenters. The molecule has 0 amide bonds. The maximum Gasteiger partial charge on any atom is 0.234 e. The number of hydrogen-bond acceptors (Lipinski definition) is 2. The zero-order chi connectivity index (χ0) is 8.84. The van der Waals surface area contributed by atoms with Gasteiger partial charge in [-0.25, -0.2) is 9.97 Å². The molecule has 1 aliphatic carbocycles. The van der Waals surface area contributed by atoms with Gasteiger partial charge < -0.3 is 0 Å². The van der Waals surface area contributed by atoms with Crippen molar-refractivity contribution >= 4 is 5.78 Å². The minimum Gasteiger partial charge on any atom is -0.288 e. The van der Waals surface area contributed by atoms with Crippen LogP contribution in [0.5, 0.6) is 0 Å². The summed E-state index contributed by atoms with van der Waals surface area (Å²) in [6.07, 6.45) is 6.22. The average molecular weight is 173 g/mol. The highest BCUT2D eigenvalue weighted by Gasteiger charge is 2.24. The number of aryl methyl sites for hydroxylation is 1. The summed E-state index contributed by atoms with van der Waals surface area (Å²) in [5, 5.41) is 0. The van der Waals surface area contributed by atoms with Crippen molar-refractivity contribution in [1.82, 2.24) is 14.4 Å². The predicted octanol–water partition coefficient (Wildman–Crippen LogP) is 1.78. The van der Waals surface area contributed by atoms with E-state index in [1.54, 1.807) is 6.20 Å². The molecule has 0 aliphatic heterocycles. The Morgan fingerprint density at radius 2 is 2.46 bits per heavy atom. The summed E-state index contributed by atoms with van der Waals surface area (Å²) in [4.78, 5) is 8.76. The van der Waals surface area contributed by atoms with E-state index < -0.39 is 0 Å². The van der Waals surface area contributed by atoms with E-state index in [1.807, 2.05) is 12.3 Å². The van der Waals surface area contributed by atoms with E-state index in [0.29, 0.717) is 5.92 Å². The molecule has 2 aromatic rings. The summed E-state index contributed by atoms with van der Waals surface area (Å²) in [6, 6.07) is 1.96. The number of fused-ring (bicyclic) bond motifs is 3. The molecule has 3 nitrogen and oxygen atoms in total. The number of nitrogens with zero attached hydrogens (tertiary/aromatic N) is 3. The molecule has 0 saturated heterocycles. The van der Waals surface area contributed by atoms with Crippen LogP contribution >= 0.6 is 0 Å². The van der Waals surface area contributed by atoms with Crippen molar-refractivity contribution in [2.24, 2.45) is 0 Å². The van der Waals surface area contributed by atoms with E-state index in [1.165, 1.54) is 17.8 Å². The largest absolute Gasteiger partial charge is 0.288 e. The highest BCUT2D eigenvalue weighted by molar-refractivity contribution is 5.39. The molecular formula is C10H11N3. The number of rotatable bonds is 0. The molecule has 3 heteroatoms. The van der Waals surface area contributed by atoms with Crippen LogP contribution in [-0.2, 0) is 6.42 Å². The Labute approximate surface area is 76.4 Å². The van der Waals surface area contributed by atoms with E-state index in [-0.39, 0.29) is 0 Å². The van der Waals surface area contributed by atoms with Gasteiger partial charge in [-0.1, -0.05) is 6.92 Å². The van der Waals surface area contributed by atoms with Crippen LogP contribution in [0.15, 0.2) is 18.5 Å². The first kappa shape index (κ1) is 7.06. The highest BCUT2D eigenvalue weighted by atomic mass is 15.1. The smallest absolute Gasteiger partial charge is 0.234 e. The molecule has 1 atom stereocenters. The first-order valence-corrected chi connectivity index (χ1v) is 4.68. The standard InChI is InChI=1S/C10H11N3/c1-7-3-4-8-9(7)12-10-11-5-2-6-13(8)10/h2,5-7H,3-4H2,1H3. The molecule has 0 spiro atoms. The van der Waals surface area contributed by atoms with Gasteiger partial charge in [-0.15, -0.1) is 0 Å². The summed E-state index contributed by atoms with van der Waals surface area (Å²) in [7, 11) is 0. The van der Waals surface area contributed by atoms with Gasteiger partial charge in [-0.05, 0) is 18.9 Å². The Kier molecular flexibility index (Phi) is 1.26. The SMILES string of the molecule is CC1CCc2c1nc1ncccn21. The third kappa shape index (κ3) is 0.842. The van der Waals surface area contributed by atoms with Crippen LogP contribution in [0.2, 0.25) is 0 Å². The minimum atomic E-state index is 0.608. The van der Waals surface area contributed by atoms with Crippen LogP contribution in [0.1, 0.15) is 30.7 Å². The van der Waals surface area contributed by atoms with Crippen LogP contribution in [0.3, 0.4) is 0 Å². The van der Waals surface area contributed by atoms with E-state index in [4.69, 9.17) is 0 Å². The predicted molar refractivity (Wildman–Crippen MR) is 49.7 cm³/mol. The van der Waals surface area contributed by atoms with Gasteiger partial charge in [-0.2, -0.15) is 0 Å². The quantitative estimate of drug-likeness (QED) is 0.608. The van der Waals surface area contributed by atoms with Gasteiger partial charge in [0, 0.05) is 24.0 Å². The number of hydrogen-bond donors (Lipinski definition) is 0. The summed E-state index contributed by atoms with van der Waals surface area (Å²) in [6.45, 7) is 2.23. The molecule has 2 aromatic heterocycles. The Morgan fingerprint density at radius 1 is 1.54 bits per heavy atom. The van der Waals surface area contributed by atoms with Crippen molar-refractivity contribution in [2.45, 2.75) is 25.7 Å². The second-order valence-electron chi connectivity index (χ2n) is 3.67. The monoisotopic (exact) mass is 173 g/mol. The molecule has 13 heavy (non-hydrogen) atoms. The zero-order valence-corrected chi connectivity index (χ0v) is 7.57. The molecule has 0 fully saturated rings. The van der Waals surface area contributed by atoms with Gasteiger partial charge in [0.1, 0.15) is 0 Å². The van der Waals surface area contributed by atoms with Crippen molar-refractivity contribution in [3.05, 3.63) is 29.8 Å². The molecule has 0 N–H and O–H groups in total. The van der Waals surface area contributed by atoms with E-state index in [9.17, 15) is 0 Å². The lowest BCUT2D eigenvalue weighted by molar-refractivity contribution is 0.724. The van der Waals surface area contributed by atoms with Gasteiger partial charge in [-0.3, -0.25) is 4.40 Å². The Bertz CT molecular complexity index is 458. The fraction of sp³-hybridized carbons (Fsp3) is 0.400. The van der Waals surface area contributed by atoms with E-state index >= 15 is 0 Å². The van der Waals surface area contributed by atoms with E-state index in [2.05, 4.69) is 21.3 Å². The van der Waals surface area contributed by atoms with Crippen molar-refractivity contribution in [3.63, 3.8) is 0 Å². The summed E-state index contributed by atoms with van der Waals surface area (Å²) >= 11 is 0. The molecule has 3 rings (SSSR count). The van der Waals surface area contributed by atoms with Crippen molar-refractivity contribution in [2.75, 3.05) is 0 Å². The van der Waals surface area contributed by atoms with Gasteiger partial charge in [0.05, 0.1) is 5.69 Å². The molecule has 0 aromatic carbocycles. The van der Waals surface area contributed by atoms with Crippen molar-refractivity contribution < 1.29 is 0 Å². The van der Waals surface area contributed by atoms with Gasteiger partial charge in [0.15, 0.2) is 0 Å². The van der Waals surface area contributed by atoms with Crippen LogP contribution in [-0.4, -0.2) is 14.4 Å². The van der Waals surface area contributed by atoms with Crippen LogP contribution < -0.4 is 0 Å². The van der Waals surface area contributed by atoms with Crippen LogP contribution in [0.25, 0.3) is 5.78 Å². The maximum atomic E-state index is 4.53. The normalized spacial score (nSPS) is 20.8. The molecule has 0 bridgehead atoms. The third-order valence-electron chi connectivity index (χ3n) is 2.81. The Hall–Kier alpha value is -1.38. The fourth-order valence-electron chi connectivity index (χ4n) is 2.09. The summed E-state index contributed by atoms with van der Waals surface area (Å²) in [5.74, 6) is 1.45. The summed E-state index contributed by atoms with van der Waals surface area (Å²) < 4.78 is 2.11. The topological polar surface area (TPSA) is 30.2 Å². The lowest BCUT2D eigenvalue weighted by Gasteiger charge is -1.95. The minimum absolute atomic E-state index is 0.608. The second kappa shape index (κ2) is 2.31. The zero-order valence-electron chi connectivity index (χ0n) is 7.57. The second-order valence-corrected chi connectivity index (χ2v) is 3.67. The third-order valence-corrected chi connectivity index (χ3v) is 2.81. The molecule has 1 aliphatic rings. The lowest BCUT2D eigenvalue weighted by Crippen LogP contribution is -1.91. The maximum absolute atomic E-state index is 4.53. The first-order valence-electron chi connectivity index (χ1n) is 4.68. The van der Waals surface area contributed by atoms with Crippen LogP contribution in [0.4, 0.5) is 0 Å². The van der Waals surface area contributed by atoms with Gasteiger partial charge in [0.25, 0.3) is 0 Å². The molecule has 66 valence electrons. The van der Waals surface area contributed by atoms with Gasteiger partial charge in [0.2, 0.25) is 5.78 Å². The van der Waals surface area contributed by atoms with Crippen molar-refractivity contribution in [1.29, 1.82) is 0 Å². The summed E-state index contributed by atoms with van der Waals surface area (Å²) in [5.41, 5.74) is 2.61. The molecule has 0 saturated carbocycles. The first-order chi connectivity index (χ1) is 6.36. The molecular weight excluding hydrogens is 162 g/mol. The molecule has 2 heterocycles. The van der Waals surface area contributed by atoms with Crippen molar-refractivity contribution in [3.8, 4) is 0 Å².